The first-order chi connectivity index (χ1) is 10.3. The van der Waals surface area contributed by atoms with Crippen molar-refractivity contribution < 1.29 is 9.53 Å². The number of carbonyl (C=O) groups is 1. The van der Waals surface area contributed by atoms with Crippen molar-refractivity contribution in [2.75, 3.05) is 13.7 Å². The average Bonchev–Trinajstić information content (AvgIpc) is 3.04. The number of amides is 1. The molecule has 2 aromatic carbocycles. The van der Waals surface area contributed by atoms with E-state index in [2.05, 4.69) is 6.08 Å². The predicted molar refractivity (Wildman–Crippen MR) is 82.4 cm³/mol. The Morgan fingerprint density at radius 2 is 1.81 bits per heavy atom. The van der Waals surface area contributed by atoms with Crippen LogP contribution < -0.4 is 4.74 Å². The van der Waals surface area contributed by atoms with Gasteiger partial charge in [-0.1, -0.05) is 42.5 Å². The van der Waals surface area contributed by atoms with E-state index in [1.54, 1.807) is 7.11 Å². The van der Waals surface area contributed by atoms with Crippen LogP contribution in [-0.4, -0.2) is 24.5 Å². The standard InChI is InChI=1S/C18H17NO2/c1-21-16-11-9-14(10-12-16)17-8-5-13-19(17)18(20)15-6-3-2-4-7-15/h2-12,17H,13H2,1H3/t17-/m0/s1. The van der Waals surface area contributed by atoms with E-state index in [1.807, 2.05) is 65.6 Å². The fourth-order valence-electron chi connectivity index (χ4n) is 2.57. The molecule has 21 heavy (non-hydrogen) atoms. The summed E-state index contributed by atoms with van der Waals surface area (Å²) in [4.78, 5) is 14.5. The smallest absolute Gasteiger partial charge is 0.254 e. The number of benzene rings is 2. The molecule has 0 spiro atoms. The van der Waals surface area contributed by atoms with E-state index in [-0.39, 0.29) is 11.9 Å². The van der Waals surface area contributed by atoms with Gasteiger partial charge in [0.05, 0.1) is 13.2 Å². The van der Waals surface area contributed by atoms with Gasteiger partial charge < -0.3 is 9.64 Å². The molecular weight excluding hydrogens is 262 g/mol. The van der Waals surface area contributed by atoms with Gasteiger partial charge in [0, 0.05) is 12.1 Å². The van der Waals surface area contributed by atoms with Crippen LogP contribution in [0.3, 0.4) is 0 Å². The van der Waals surface area contributed by atoms with Crippen LogP contribution in [0.15, 0.2) is 66.7 Å². The number of ether oxygens (including phenoxy) is 1. The summed E-state index contributed by atoms with van der Waals surface area (Å²) in [5.41, 5.74) is 1.81. The van der Waals surface area contributed by atoms with Gasteiger partial charge in [-0.15, -0.1) is 0 Å². The molecule has 0 N–H and O–H groups in total. The summed E-state index contributed by atoms with van der Waals surface area (Å²) in [6.07, 6.45) is 4.11. The first kappa shape index (κ1) is 13.4. The molecule has 2 aromatic rings. The van der Waals surface area contributed by atoms with Gasteiger partial charge in [-0.3, -0.25) is 4.79 Å². The number of methoxy groups -OCH3 is 1. The molecule has 0 saturated carbocycles. The van der Waals surface area contributed by atoms with E-state index in [0.29, 0.717) is 6.54 Å². The van der Waals surface area contributed by atoms with Gasteiger partial charge >= 0.3 is 0 Å². The normalized spacial score (nSPS) is 17.0. The quantitative estimate of drug-likeness (QED) is 0.805. The van der Waals surface area contributed by atoms with Crippen molar-refractivity contribution in [1.29, 1.82) is 0 Å². The Morgan fingerprint density at radius 3 is 2.48 bits per heavy atom. The SMILES string of the molecule is COc1ccc([C@@H]2C=CCN2C(=O)c2ccccc2)cc1. The van der Waals surface area contributed by atoms with Crippen LogP contribution in [0, 0.1) is 0 Å². The van der Waals surface area contributed by atoms with Gasteiger partial charge in [0.2, 0.25) is 0 Å². The molecule has 0 radical (unpaired) electrons. The van der Waals surface area contributed by atoms with Crippen molar-refractivity contribution in [2.24, 2.45) is 0 Å². The Balaban J connectivity index is 1.84. The number of carbonyl (C=O) groups excluding carboxylic acids is 1. The molecule has 106 valence electrons. The highest BCUT2D eigenvalue weighted by Gasteiger charge is 2.26. The zero-order valence-corrected chi connectivity index (χ0v) is 11.9. The Kier molecular flexibility index (Phi) is 3.73. The monoisotopic (exact) mass is 279 g/mol. The lowest BCUT2D eigenvalue weighted by Gasteiger charge is -2.25. The van der Waals surface area contributed by atoms with E-state index in [0.717, 1.165) is 16.9 Å². The molecule has 1 amide bonds. The Hall–Kier alpha value is -2.55. The van der Waals surface area contributed by atoms with Crippen molar-refractivity contribution >= 4 is 5.91 Å². The summed E-state index contributed by atoms with van der Waals surface area (Å²) < 4.78 is 5.18. The lowest BCUT2D eigenvalue weighted by Crippen LogP contribution is -2.31. The largest absolute Gasteiger partial charge is 0.497 e. The highest BCUT2D eigenvalue weighted by Crippen LogP contribution is 2.29. The first-order valence-electron chi connectivity index (χ1n) is 6.96. The molecule has 1 aliphatic rings. The predicted octanol–water partition coefficient (Wildman–Crippen LogP) is 3.45. The van der Waals surface area contributed by atoms with Crippen molar-refractivity contribution in [3.63, 3.8) is 0 Å². The Morgan fingerprint density at radius 1 is 1.10 bits per heavy atom. The molecule has 0 aliphatic carbocycles. The molecule has 0 saturated heterocycles. The number of hydrogen-bond acceptors (Lipinski definition) is 2. The van der Waals surface area contributed by atoms with Crippen LogP contribution in [0.25, 0.3) is 0 Å². The lowest BCUT2D eigenvalue weighted by molar-refractivity contribution is 0.0749. The van der Waals surface area contributed by atoms with Crippen LogP contribution in [0.1, 0.15) is 22.0 Å². The minimum absolute atomic E-state index is 0.0105. The van der Waals surface area contributed by atoms with Gasteiger partial charge in [-0.25, -0.2) is 0 Å². The van der Waals surface area contributed by atoms with Crippen LogP contribution in [0.4, 0.5) is 0 Å². The van der Waals surface area contributed by atoms with Crippen LogP contribution >= 0.6 is 0 Å². The van der Waals surface area contributed by atoms with Crippen molar-refractivity contribution in [3.8, 4) is 5.75 Å². The summed E-state index contributed by atoms with van der Waals surface area (Å²) in [7, 11) is 1.65. The second kappa shape index (κ2) is 5.83. The molecule has 1 heterocycles. The minimum Gasteiger partial charge on any atom is -0.497 e. The third kappa shape index (κ3) is 2.68. The summed E-state index contributed by atoms with van der Waals surface area (Å²) in [5.74, 6) is 0.878. The summed E-state index contributed by atoms with van der Waals surface area (Å²) in [6.45, 7) is 0.643. The maximum absolute atomic E-state index is 12.6. The van der Waals surface area contributed by atoms with Crippen molar-refractivity contribution in [2.45, 2.75) is 6.04 Å². The third-order valence-electron chi connectivity index (χ3n) is 3.70. The highest BCUT2D eigenvalue weighted by atomic mass is 16.5. The van der Waals surface area contributed by atoms with Crippen LogP contribution in [-0.2, 0) is 0 Å². The van der Waals surface area contributed by atoms with Crippen LogP contribution in [0.5, 0.6) is 5.75 Å². The molecular formula is C18H17NO2. The van der Waals surface area contributed by atoms with Gasteiger partial charge in [0.15, 0.2) is 0 Å². The van der Waals surface area contributed by atoms with Crippen LogP contribution in [0.2, 0.25) is 0 Å². The molecule has 0 aromatic heterocycles. The van der Waals surface area contributed by atoms with E-state index in [9.17, 15) is 4.79 Å². The second-order valence-corrected chi connectivity index (χ2v) is 4.97. The maximum Gasteiger partial charge on any atom is 0.254 e. The van der Waals surface area contributed by atoms with Crippen molar-refractivity contribution in [1.82, 2.24) is 4.90 Å². The molecule has 0 unspecified atom stereocenters. The van der Waals surface area contributed by atoms with E-state index >= 15 is 0 Å². The van der Waals surface area contributed by atoms with Gasteiger partial charge in [-0.05, 0) is 29.8 Å². The van der Waals surface area contributed by atoms with E-state index < -0.39 is 0 Å². The molecule has 0 fully saturated rings. The topological polar surface area (TPSA) is 29.5 Å². The fraction of sp³-hybridized carbons (Fsp3) is 0.167. The zero-order chi connectivity index (χ0) is 14.7. The molecule has 1 atom stereocenters. The molecule has 3 heteroatoms. The van der Waals surface area contributed by atoms with E-state index in [4.69, 9.17) is 4.74 Å². The first-order valence-corrected chi connectivity index (χ1v) is 6.96. The second-order valence-electron chi connectivity index (χ2n) is 4.97. The Labute approximate surface area is 124 Å². The molecule has 0 bridgehead atoms. The van der Waals surface area contributed by atoms with Gasteiger partial charge in [-0.2, -0.15) is 0 Å². The fourth-order valence-corrected chi connectivity index (χ4v) is 2.57. The Bertz CT molecular complexity index is 647. The summed E-state index contributed by atoms with van der Waals surface area (Å²) >= 11 is 0. The third-order valence-corrected chi connectivity index (χ3v) is 3.70. The number of nitrogens with zero attached hydrogens (tertiary/aromatic N) is 1. The lowest BCUT2D eigenvalue weighted by atomic mass is 10.1. The van der Waals surface area contributed by atoms with Crippen molar-refractivity contribution in [3.05, 3.63) is 77.9 Å². The van der Waals surface area contributed by atoms with Gasteiger partial charge in [0.1, 0.15) is 5.75 Å². The minimum atomic E-state index is -0.0105. The number of hydrogen-bond donors (Lipinski definition) is 0. The maximum atomic E-state index is 12.6. The summed E-state index contributed by atoms with van der Waals surface area (Å²) in [5, 5.41) is 0. The van der Waals surface area contributed by atoms with Gasteiger partial charge in [0.25, 0.3) is 5.91 Å². The zero-order valence-electron chi connectivity index (χ0n) is 11.9. The van der Waals surface area contributed by atoms with E-state index in [1.165, 1.54) is 0 Å². The molecule has 3 rings (SSSR count). The average molecular weight is 279 g/mol. The summed E-state index contributed by atoms with van der Waals surface area (Å²) in [6, 6.07) is 17.2. The highest BCUT2D eigenvalue weighted by molar-refractivity contribution is 5.95. The number of rotatable bonds is 3. The molecule has 1 aliphatic heterocycles. The molecule has 3 nitrogen and oxygen atoms in total.